The molecule has 12 heteroatoms. The normalized spacial score (nSPS) is 11.2. The maximum absolute atomic E-state index is 12.2. The van der Waals surface area contributed by atoms with Gasteiger partial charge in [-0.05, 0) is 33.6 Å². The molecule has 1 amide bonds. The topological polar surface area (TPSA) is 108 Å². The molecule has 0 radical (unpaired) electrons. The Labute approximate surface area is 177 Å². The quantitative estimate of drug-likeness (QED) is 0.390. The van der Waals surface area contributed by atoms with Crippen LogP contribution in [0.2, 0.25) is 0 Å². The standard InChI is InChI=1S/C18H17BrF3N7O/c19-14-9-26-17(29-15(14)24-6-5-13-8-23-10-27-13)28-12-3-1-11(2-4-12)7-25-16(30)18(20,21)22/h1-4,8-10H,5-7H2,(H,23,27)(H,25,30)(H2,24,26,28,29). The van der Waals surface area contributed by atoms with Crippen LogP contribution in [0.3, 0.4) is 0 Å². The molecular weight excluding hydrogens is 467 g/mol. The Morgan fingerprint density at radius 2 is 1.93 bits per heavy atom. The van der Waals surface area contributed by atoms with Gasteiger partial charge in [0.05, 0.1) is 10.8 Å². The fourth-order valence-corrected chi connectivity index (χ4v) is 2.74. The number of carbonyl (C=O) groups is 1. The first-order chi connectivity index (χ1) is 14.3. The second-order valence-corrected chi connectivity index (χ2v) is 7.00. The van der Waals surface area contributed by atoms with E-state index < -0.39 is 12.1 Å². The van der Waals surface area contributed by atoms with Gasteiger partial charge in [-0.3, -0.25) is 4.79 Å². The lowest BCUT2D eigenvalue weighted by Crippen LogP contribution is -2.36. The van der Waals surface area contributed by atoms with E-state index in [1.807, 2.05) is 5.32 Å². The van der Waals surface area contributed by atoms with Crippen molar-refractivity contribution in [2.75, 3.05) is 17.2 Å². The summed E-state index contributed by atoms with van der Waals surface area (Å²) in [6.07, 6.45) is 0.820. The summed E-state index contributed by atoms with van der Waals surface area (Å²) < 4.78 is 37.4. The van der Waals surface area contributed by atoms with Crippen LogP contribution in [0.1, 0.15) is 11.3 Å². The van der Waals surface area contributed by atoms with Crippen LogP contribution in [0.15, 0.2) is 47.5 Å². The number of hydrogen-bond donors (Lipinski definition) is 4. The van der Waals surface area contributed by atoms with Gasteiger partial charge in [0.25, 0.3) is 0 Å². The number of carbonyl (C=O) groups excluding carboxylic acids is 1. The van der Waals surface area contributed by atoms with Crippen molar-refractivity contribution in [3.63, 3.8) is 0 Å². The van der Waals surface area contributed by atoms with Gasteiger partial charge in [-0.15, -0.1) is 0 Å². The lowest BCUT2D eigenvalue weighted by Gasteiger charge is -2.11. The minimum Gasteiger partial charge on any atom is -0.369 e. The Bertz CT molecular complexity index is 978. The van der Waals surface area contributed by atoms with Crippen molar-refractivity contribution in [3.05, 3.63) is 58.7 Å². The molecule has 0 aliphatic carbocycles. The van der Waals surface area contributed by atoms with Gasteiger partial charge in [0.15, 0.2) is 0 Å². The second-order valence-electron chi connectivity index (χ2n) is 6.15. The summed E-state index contributed by atoms with van der Waals surface area (Å²) in [7, 11) is 0. The summed E-state index contributed by atoms with van der Waals surface area (Å²) in [6.45, 7) is 0.410. The fraction of sp³-hybridized carbons (Fsp3) is 0.222. The smallest absolute Gasteiger partial charge is 0.369 e. The first-order valence-corrected chi connectivity index (χ1v) is 9.55. The molecule has 0 saturated heterocycles. The number of hydrogen-bond acceptors (Lipinski definition) is 6. The first kappa shape index (κ1) is 21.6. The van der Waals surface area contributed by atoms with Gasteiger partial charge in [-0.1, -0.05) is 12.1 Å². The Morgan fingerprint density at radius 1 is 1.17 bits per heavy atom. The van der Waals surface area contributed by atoms with Gasteiger partial charge in [0.1, 0.15) is 5.82 Å². The van der Waals surface area contributed by atoms with Crippen molar-refractivity contribution in [1.29, 1.82) is 0 Å². The molecule has 30 heavy (non-hydrogen) atoms. The van der Waals surface area contributed by atoms with E-state index in [4.69, 9.17) is 0 Å². The zero-order valence-electron chi connectivity index (χ0n) is 15.4. The van der Waals surface area contributed by atoms with Crippen molar-refractivity contribution in [2.24, 2.45) is 0 Å². The Balaban J connectivity index is 1.55. The minimum atomic E-state index is -4.90. The molecular formula is C18H17BrF3N7O. The molecule has 0 fully saturated rings. The third kappa shape index (κ3) is 6.17. The Kier molecular flexibility index (Phi) is 6.87. The Morgan fingerprint density at radius 3 is 2.60 bits per heavy atom. The molecule has 1 aromatic carbocycles. The van der Waals surface area contributed by atoms with Gasteiger partial charge in [-0.25, -0.2) is 9.97 Å². The van der Waals surface area contributed by atoms with Crippen LogP contribution in [-0.2, 0) is 17.8 Å². The number of imidazole rings is 1. The summed E-state index contributed by atoms with van der Waals surface area (Å²) in [6, 6.07) is 6.51. The van der Waals surface area contributed by atoms with Gasteiger partial charge in [0.2, 0.25) is 5.95 Å². The van der Waals surface area contributed by atoms with Crippen molar-refractivity contribution < 1.29 is 18.0 Å². The highest BCUT2D eigenvalue weighted by molar-refractivity contribution is 9.10. The molecule has 0 atom stereocenters. The SMILES string of the molecule is O=C(NCc1ccc(Nc2ncc(Br)c(NCCc3cnc[nH]3)n2)cc1)C(F)(F)F. The number of nitrogens with one attached hydrogen (secondary N) is 4. The highest BCUT2D eigenvalue weighted by atomic mass is 79.9. The van der Waals surface area contributed by atoms with Gasteiger partial charge in [0, 0.05) is 43.3 Å². The zero-order chi connectivity index (χ0) is 21.6. The molecule has 3 rings (SSSR count). The number of amides is 1. The zero-order valence-corrected chi connectivity index (χ0v) is 17.0. The number of alkyl halides is 3. The van der Waals surface area contributed by atoms with Crippen LogP contribution in [0.5, 0.6) is 0 Å². The van der Waals surface area contributed by atoms with E-state index in [1.165, 1.54) is 0 Å². The molecule has 0 bridgehead atoms. The molecule has 0 saturated carbocycles. The molecule has 2 heterocycles. The molecule has 0 aliphatic heterocycles. The molecule has 8 nitrogen and oxygen atoms in total. The number of halogens is 4. The average Bonchev–Trinajstić information content (AvgIpc) is 3.22. The first-order valence-electron chi connectivity index (χ1n) is 8.76. The second kappa shape index (κ2) is 9.57. The van der Waals surface area contributed by atoms with Crippen molar-refractivity contribution >= 4 is 39.3 Å². The monoisotopic (exact) mass is 483 g/mol. The molecule has 0 spiro atoms. The minimum absolute atomic E-state index is 0.224. The summed E-state index contributed by atoms with van der Waals surface area (Å²) in [5.74, 6) is -1.01. The van der Waals surface area contributed by atoms with Crippen LogP contribution in [0, 0.1) is 0 Å². The number of H-pyrrole nitrogens is 1. The van der Waals surface area contributed by atoms with E-state index in [0.29, 0.717) is 34.0 Å². The van der Waals surface area contributed by atoms with Gasteiger partial charge >= 0.3 is 12.1 Å². The van der Waals surface area contributed by atoms with Crippen molar-refractivity contribution in [2.45, 2.75) is 19.1 Å². The number of benzene rings is 1. The molecule has 3 aromatic rings. The van der Waals surface area contributed by atoms with Crippen LogP contribution in [0.4, 0.5) is 30.6 Å². The van der Waals surface area contributed by atoms with E-state index in [-0.39, 0.29) is 6.54 Å². The van der Waals surface area contributed by atoms with Gasteiger partial charge < -0.3 is 20.9 Å². The Hall–Kier alpha value is -3.15. The number of nitrogens with zero attached hydrogens (tertiary/aromatic N) is 3. The van der Waals surface area contributed by atoms with Gasteiger partial charge in [-0.2, -0.15) is 18.2 Å². The largest absolute Gasteiger partial charge is 0.471 e. The highest BCUT2D eigenvalue weighted by Crippen LogP contribution is 2.22. The number of aromatic nitrogens is 4. The summed E-state index contributed by atoms with van der Waals surface area (Å²) >= 11 is 3.40. The predicted octanol–water partition coefficient (Wildman–Crippen LogP) is 3.54. The van der Waals surface area contributed by atoms with E-state index in [9.17, 15) is 18.0 Å². The third-order valence-corrected chi connectivity index (χ3v) is 4.49. The summed E-state index contributed by atoms with van der Waals surface area (Å²) in [5, 5.41) is 8.06. The molecule has 4 N–H and O–H groups in total. The van der Waals surface area contributed by atoms with E-state index in [2.05, 4.69) is 46.5 Å². The van der Waals surface area contributed by atoms with E-state index in [0.717, 1.165) is 12.1 Å². The third-order valence-electron chi connectivity index (χ3n) is 3.91. The highest BCUT2D eigenvalue weighted by Gasteiger charge is 2.38. The average molecular weight is 484 g/mol. The number of aromatic amines is 1. The molecule has 0 aliphatic rings. The summed E-state index contributed by atoms with van der Waals surface area (Å²) in [5.41, 5.74) is 2.17. The summed E-state index contributed by atoms with van der Waals surface area (Å²) in [4.78, 5) is 26.5. The maximum Gasteiger partial charge on any atom is 0.471 e. The molecule has 0 unspecified atom stereocenters. The van der Waals surface area contributed by atoms with E-state index >= 15 is 0 Å². The maximum atomic E-state index is 12.2. The van der Waals surface area contributed by atoms with Crippen molar-refractivity contribution in [3.8, 4) is 0 Å². The molecule has 158 valence electrons. The lowest BCUT2D eigenvalue weighted by atomic mass is 10.2. The van der Waals surface area contributed by atoms with Crippen molar-refractivity contribution in [1.82, 2.24) is 25.3 Å². The van der Waals surface area contributed by atoms with Crippen LogP contribution >= 0.6 is 15.9 Å². The molecule has 2 aromatic heterocycles. The number of rotatable bonds is 8. The lowest BCUT2D eigenvalue weighted by molar-refractivity contribution is -0.173. The predicted molar refractivity (Wildman–Crippen MR) is 108 cm³/mol. The van der Waals surface area contributed by atoms with Crippen LogP contribution in [0.25, 0.3) is 0 Å². The fourth-order valence-electron chi connectivity index (χ4n) is 2.41. The van der Waals surface area contributed by atoms with E-state index in [1.54, 1.807) is 43.0 Å². The van der Waals surface area contributed by atoms with Crippen LogP contribution in [-0.4, -0.2) is 38.6 Å². The number of anilines is 3. The van der Waals surface area contributed by atoms with Crippen LogP contribution < -0.4 is 16.0 Å².